The average Bonchev–Trinajstić information content (AvgIpc) is 4.18. The molecular formula is C75H52N2. The Morgan fingerprint density at radius 3 is 1.18 bits per heavy atom. The Morgan fingerprint density at radius 1 is 0.260 bits per heavy atom. The van der Waals surface area contributed by atoms with Gasteiger partial charge in [0.15, 0.2) is 0 Å². The van der Waals surface area contributed by atoms with E-state index in [4.69, 9.17) is 0 Å². The van der Waals surface area contributed by atoms with Crippen LogP contribution in [0.1, 0.15) is 25.0 Å². The maximum Gasteiger partial charge on any atom is 0.0541 e. The molecule has 1 aliphatic carbocycles. The Hall–Kier alpha value is -9.76. The van der Waals surface area contributed by atoms with Crippen LogP contribution in [0.15, 0.2) is 279 Å². The Labute approximate surface area is 449 Å². The van der Waals surface area contributed by atoms with Crippen molar-refractivity contribution >= 4 is 71.2 Å². The Bertz CT molecular complexity index is 4570. The largest absolute Gasteiger partial charge is 0.311 e. The molecule has 0 aliphatic heterocycles. The van der Waals surface area contributed by atoms with E-state index in [9.17, 15) is 0 Å². The maximum atomic E-state index is 2.43. The van der Waals surface area contributed by atoms with Crippen molar-refractivity contribution in [1.29, 1.82) is 0 Å². The van der Waals surface area contributed by atoms with E-state index >= 15 is 0 Å². The minimum atomic E-state index is -0.0695. The van der Waals surface area contributed by atoms with Crippen LogP contribution in [0.5, 0.6) is 0 Å². The van der Waals surface area contributed by atoms with Gasteiger partial charge in [0, 0.05) is 38.9 Å². The number of rotatable bonds is 8. The number of hydrogen-bond donors (Lipinski definition) is 0. The van der Waals surface area contributed by atoms with Gasteiger partial charge in [-0.3, -0.25) is 0 Å². The lowest BCUT2D eigenvalue weighted by atomic mass is 9.81. The molecule has 0 amide bonds. The number of aromatic nitrogens is 1. The monoisotopic (exact) mass is 980 g/mol. The summed E-state index contributed by atoms with van der Waals surface area (Å²) >= 11 is 0. The fourth-order valence-corrected chi connectivity index (χ4v) is 12.7. The van der Waals surface area contributed by atoms with Crippen LogP contribution < -0.4 is 4.90 Å². The number of para-hydroxylation sites is 1. The number of nitrogens with zero attached hydrogens (tertiary/aromatic N) is 2. The predicted molar refractivity (Wildman–Crippen MR) is 327 cm³/mol. The van der Waals surface area contributed by atoms with E-state index in [-0.39, 0.29) is 5.41 Å². The summed E-state index contributed by atoms with van der Waals surface area (Å²) in [6.45, 7) is 4.72. The second-order valence-corrected chi connectivity index (χ2v) is 21.3. The molecule has 0 radical (unpaired) electrons. The molecule has 0 fully saturated rings. The van der Waals surface area contributed by atoms with Crippen molar-refractivity contribution in [3.63, 3.8) is 0 Å². The van der Waals surface area contributed by atoms with Crippen molar-refractivity contribution in [2.75, 3.05) is 4.90 Å². The third kappa shape index (κ3) is 7.32. The predicted octanol–water partition coefficient (Wildman–Crippen LogP) is 20.7. The van der Waals surface area contributed by atoms with Crippen LogP contribution >= 0.6 is 0 Å². The number of fused-ring (bicyclic) bond motifs is 12. The fraction of sp³-hybridized carbons (Fsp3) is 0.0400. The third-order valence-electron chi connectivity index (χ3n) is 16.6. The van der Waals surface area contributed by atoms with Crippen LogP contribution in [0.25, 0.3) is 115 Å². The molecule has 1 aromatic heterocycles. The maximum absolute atomic E-state index is 2.43. The summed E-state index contributed by atoms with van der Waals surface area (Å²) < 4.78 is 2.42. The lowest BCUT2D eigenvalue weighted by Crippen LogP contribution is -2.14. The molecule has 0 spiro atoms. The molecule has 2 nitrogen and oxygen atoms in total. The van der Waals surface area contributed by atoms with Crippen molar-refractivity contribution in [1.82, 2.24) is 4.57 Å². The Balaban J connectivity index is 0.810. The first kappa shape index (κ1) is 44.7. The summed E-state index contributed by atoms with van der Waals surface area (Å²) in [7, 11) is 0. The van der Waals surface area contributed by atoms with E-state index in [1.807, 2.05) is 0 Å². The van der Waals surface area contributed by atoms with Crippen LogP contribution in [-0.2, 0) is 5.41 Å². The molecule has 2 heteroatoms. The molecule has 0 unspecified atom stereocenters. The van der Waals surface area contributed by atoms with Gasteiger partial charge in [0.25, 0.3) is 0 Å². The summed E-state index contributed by atoms with van der Waals surface area (Å²) in [5, 5.41) is 10.2. The molecule has 0 saturated carbocycles. The zero-order valence-electron chi connectivity index (χ0n) is 43.0. The van der Waals surface area contributed by atoms with E-state index in [1.165, 1.54) is 121 Å². The molecule has 0 N–H and O–H groups in total. The van der Waals surface area contributed by atoms with Gasteiger partial charge in [0.05, 0.1) is 11.0 Å². The Morgan fingerprint density at radius 2 is 0.623 bits per heavy atom. The zero-order valence-corrected chi connectivity index (χ0v) is 43.0. The number of benzene rings is 13. The molecule has 0 saturated heterocycles. The van der Waals surface area contributed by atoms with Gasteiger partial charge in [0.2, 0.25) is 0 Å². The normalized spacial score (nSPS) is 12.6. The van der Waals surface area contributed by atoms with E-state index in [2.05, 4.69) is 302 Å². The average molecular weight is 981 g/mol. The van der Waals surface area contributed by atoms with E-state index in [1.54, 1.807) is 0 Å². The number of anilines is 3. The van der Waals surface area contributed by atoms with Gasteiger partial charge in [-0.1, -0.05) is 208 Å². The Kier molecular flexibility index (Phi) is 10.3. The molecule has 362 valence electrons. The van der Waals surface area contributed by atoms with Gasteiger partial charge in [-0.25, -0.2) is 0 Å². The topological polar surface area (TPSA) is 8.17 Å². The summed E-state index contributed by atoms with van der Waals surface area (Å²) in [5.41, 5.74) is 21.8. The first-order valence-electron chi connectivity index (χ1n) is 26.8. The quantitative estimate of drug-likeness (QED) is 0.138. The van der Waals surface area contributed by atoms with Crippen molar-refractivity contribution in [3.8, 4) is 61.3 Å². The summed E-state index contributed by atoms with van der Waals surface area (Å²) in [5.74, 6) is 0. The second kappa shape index (κ2) is 17.7. The lowest BCUT2D eigenvalue weighted by molar-refractivity contribution is 0.660. The smallest absolute Gasteiger partial charge is 0.0541 e. The molecule has 0 atom stereocenters. The molecule has 15 rings (SSSR count). The summed E-state index contributed by atoms with van der Waals surface area (Å²) in [6, 6.07) is 103. The van der Waals surface area contributed by atoms with Gasteiger partial charge >= 0.3 is 0 Å². The van der Waals surface area contributed by atoms with Crippen molar-refractivity contribution in [2.45, 2.75) is 19.3 Å². The highest BCUT2D eigenvalue weighted by Crippen LogP contribution is 2.50. The molecule has 14 aromatic rings. The van der Waals surface area contributed by atoms with Gasteiger partial charge in [-0.2, -0.15) is 0 Å². The van der Waals surface area contributed by atoms with Crippen LogP contribution in [-0.4, -0.2) is 4.57 Å². The highest BCUT2D eigenvalue weighted by Gasteiger charge is 2.35. The zero-order chi connectivity index (χ0) is 51.2. The first-order chi connectivity index (χ1) is 37.9. The van der Waals surface area contributed by atoms with E-state index < -0.39 is 0 Å². The molecule has 77 heavy (non-hydrogen) atoms. The molecule has 1 heterocycles. The summed E-state index contributed by atoms with van der Waals surface area (Å²) in [4.78, 5) is 2.37. The van der Waals surface area contributed by atoms with Crippen molar-refractivity contribution in [2.24, 2.45) is 0 Å². The van der Waals surface area contributed by atoms with Crippen LogP contribution in [0.3, 0.4) is 0 Å². The van der Waals surface area contributed by atoms with Gasteiger partial charge < -0.3 is 9.47 Å². The van der Waals surface area contributed by atoms with Gasteiger partial charge in [0.1, 0.15) is 0 Å². The number of hydrogen-bond acceptors (Lipinski definition) is 1. The molecule has 1 aliphatic rings. The van der Waals surface area contributed by atoms with Crippen LogP contribution in [0.4, 0.5) is 17.1 Å². The molecular weight excluding hydrogens is 929 g/mol. The SMILES string of the molecule is CC1(C)c2ccccc2-c2ccc(-c3ccc4c(c3)c3cc(-c5ccc(N(c6ccc(-c7ccccc7)cc6)c6ccc(-c7ccc8c9ccccc9c9ccccc9c8c7)cc6)cc5)ccc3n4-c3ccccc3)cc21. The lowest BCUT2D eigenvalue weighted by Gasteiger charge is -2.26. The van der Waals surface area contributed by atoms with Gasteiger partial charge in [-0.05, 0) is 184 Å². The molecule has 13 aromatic carbocycles. The minimum Gasteiger partial charge on any atom is -0.311 e. The van der Waals surface area contributed by atoms with Crippen LogP contribution in [0, 0.1) is 0 Å². The highest BCUT2D eigenvalue weighted by atomic mass is 15.1. The second-order valence-electron chi connectivity index (χ2n) is 21.3. The molecule has 0 bridgehead atoms. The van der Waals surface area contributed by atoms with Crippen LogP contribution in [0.2, 0.25) is 0 Å². The summed E-state index contributed by atoms with van der Waals surface area (Å²) in [6.07, 6.45) is 0. The highest BCUT2D eigenvalue weighted by molar-refractivity contribution is 6.25. The van der Waals surface area contributed by atoms with Crippen molar-refractivity contribution in [3.05, 3.63) is 290 Å². The van der Waals surface area contributed by atoms with Crippen molar-refractivity contribution < 1.29 is 0 Å². The van der Waals surface area contributed by atoms with Gasteiger partial charge in [-0.15, -0.1) is 0 Å². The van der Waals surface area contributed by atoms with E-state index in [0.717, 1.165) is 22.7 Å². The standard InChI is InChI=1S/C75H52N2/c1-75(2)71-24-14-13-23-66(71)67-42-32-56(48-72(67)75)55-34-44-74-70(47-55)69-46-54(33-43-73(69)77(74)57-17-7-4-8-18-57)52-29-39-60(40-30-52)76(58-35-25-50(26-36-58)49-15-5-3-6-16-49)59-37-27-51(28-38-59)53-31-41-65-63-21-10-9-19-61(63)62-20-11-12-22-64(62)68(65)45-53/h3-48H,1-2H3. The minimum absolute atomic E-state index is 0.0695. The first-order valence-corrected chi connectivity index (χ1v) is 26.8. The fourth-order valence-electron chi connectivity index (χ4n) is 12.7. The third-order valence-corrected chi connectivity index (χ3v) is 16.6. The van der Waals surface area contributed by atoms with E-state index in [0.29, 0.717) is 0 Å².